The van der Waals surface area contributed by atoms with E-state index in [9.17, 15) is 117 Å². The zero-order valence-electron chi connectivity index (χ0n) is 54.8. The van der Waals surface area contributed by atoms with E-state index in [0.29, 0.717) is 44.1 Å². The van der Waals surface area contributed by atoms with Gasteiger partial charge in [0.15, 0.2) is 43.8 Å². The van der Waals surface area contributed by atoms with Crippen LogP contribution in [-0.4, -0.2) is 390 Å². The molecule has 7 aliphatic heterocycles. The molecular weight excluding hydrogens is 1350 g/mol. The maximum atomic E-state index is 15.5. The van der Waals surface area contributed by atoms with Gasteiger partial charge in [-0.25, -0.2) is 0 Å². The lowest BCUT2D eigenvalue weighted by Gasteiger charge is -2.64. The molecule has 38 heteroatoms. The summed E-state index contributed by atoms with van der Waals surface area (Å²) in [5.74, 6) is -1.55. The average molecular weight is 1450 g/mol. The van der Waals surface area contributed by atoms with Crippen molar-refractivity contribution in [2.24, 2.45) is 28.1 Å². The summed E-state index contributed by atoms with van der Waals surface area (Å²) in [6.07, 6.45) is -63.6. The maximum absolute atomic E-state index is 15.5. The van der Waals surface area contributed by atoms with Gasteiger partial charge in [0, 0.05) is 0 Å². The summed E-state index contributed by atoms with van der Waals surface area (Å²) in [5.41, 5.74) is -3.48. The molecule has 7 saturated heterocycles. The number of hydrogen-bond donors (Lipinski definition) is 23. The van der Waals surface area contributed by atoms with Crippen molar-refractivity contribution in [2.45, 2.75) is 292 Å². The van der Waals surface area contributed by atoms with Crippen molar-refractivity contribution in [3.05, 3.63) is 12.2 Å². The van der Waals surface area contributed by atoms with Crippen molar-refractivity contribution in [1.82, 2.24) is 0 Å². The van der Waals surface area contributed by atoms with Crippen LogP contribution in [0.3, 0.4) is 0 Å². The van der Waals surface area contributed by atoms with Crippen molar-refractivity contribution < 1.29 is 189 Å². The minimum absolute atomic E-state index is 0.192. The lowest BCUT2D eigenvalue weighted by molar-refractivity contribution is -0.405. The minimum Gasteiger partial charge on any atom is -0.432 e. The number of rotatable bonds is 21. The van der Waals surface area contributed by atoms with Crippen LogP contribution < -0.4 is 0 Å². The molecule has 100 heavy (non-hydrogen) atoms. The van der Waals surface area contributed by atoms with Gasteiger partial charge in [0.1, 0.15) is 165 Å². The lowest BCUT2D eigenvalue weighted by Crippen LogP contribution is -2.68. The number of fused-ring (bicyclic) bond motifs is 3. The smallest absolute Gasteiger partial charge is 0.314 e. The molecule has 576 valence electrons. The molecule has 41 atom stereocenters. The number of carbonyl (C=O) groups is 1. The van der Waals surface area contributed by atoms with Crippen molar-refractivity contribution in [2.75, 3.05) is 46.2 Å². The topological polar surface area (TPSA) is 612 Å². The van der Waals surface area contributed by atoms with Crippen LogP contribution in [0.2, 0.25) is 0 Å². The maximum Gasteiger partial charge on any atom is 0.314 e. The van der Waals surface area contributed by atoms with Gasteiger partial charge in [-0.3, -0.25) is 4.79 Å². The zero-order chi connectivity index (χ0) is 72.7. The number of hydrogen-bond acceptors (Lipinski definition) is 38. The summed E-state index contributed by atoms with van der Waals surface area (Å²) in [7, 11) is 0. The Balaban J connectivity index is 0.856. The van der Waals surface area contributed by atoms with Gasteiger partial charge >= 0.3 is 5.97 Å². The highest BCUT2D eigenvalue weighted by Crippen LogP contribution is 2.74. The molecule has 2 bridgehead atoms. The number of carbonyl (C=O) groups excluding carboxylic acids is 1. The van der Waals surface area contributed by atoms with E-state index < -0.39 is 295 Å². The van der Waals surface area contributed by atoms with Gasteiger partial charge in [0.25, 0.3) is 0 Å². The van der Waals surface area contributed by atoms with E-state index in [1.807, 2.05) is 0 Å². The minimum atomic E-state index is -2.13. The molecule has 23 N–H and O–H groups in total. The monoisotopic (exact) mass is 1450 g/mol. The fraction of sp³-hybridized carbons (Fsp3) is 0.952. The first-order chi connectivity index (χ1) is 47.3. The first kappa shape index (κ1) is 78.8. The van der Waals surface area contributed by atoms with Crippen molar-refractivity contribution in [3.8, 4) is 0 Å². The largest absolute Gasteiger partial charge is 0.432 e. The van der Waals surface area contributed by atoms with E-state index >= 15 is 4.79 Å². The SMILES string of the molecule is C=C1C[C@@]23CC[C@H]4[C@@](C)(CCC[C@@]4(C)C(=O)O[C@@H]4O[C@H](CO)[C@@H](O)[C@H](O[C@@H]5O[C@H](CO)[C@@H](O)[C@H](O)[C@H]5O)[C@H]4O[C@@H]4O[C@H](CO)[C@@H](O)[C@H](O)[C@H]4O)[C@@H]2CC[C@]1(O[C@@H]1O[C@H](CO)[C@@H](O[C@@H]2O[C@H](CO)[C@@H](O)[C@H](O)[C@H]2O[C@@H]2O[C@H](CO)[C@@H](O)[C@H](O)[C@H]2O)[C@H](O)[C@H]1O[C@@H]1O[C@H](CO)[C@@H](O)[C@H](O)[C@H]1O)C3. The number of aliphatic hydroxyl groups excluding tert-OH is 23. The molecule has 0 aromatic rings. The van der Waals surface area contributed by atoms with E-state index in [1.54, 1.807) is 6.92 Å². The Morgan fingerprint density at radius 3 is 1.21 bits per heavy atom. The van der Waals surface area contributed by atoms with Crippen LogP contribution in [0.5, 0.6) is 0 Å². The Morgan fingerprint density at radius 1 is 0.380 bits per heavy atom. The number of ether oxygens (including phenoxy) is 14. The molecule has 11 fully saturated rings. The van der Waals surface area contributed by atoms with E-state index in [0.717, 1.165) is 0 Å². The highest BCUT2D eigenvalue weighted by Gasteiger charge is 2.70. The Bertz CT molecular complexity index is 2720. The Kier molecular flexibility index (Phi) is 24.6. The van der Waals surface area contributed by atoms with Gasteiger partial charge in [-0.15, -0.1) is 0 Å². The Morgan fingerprint density at radius 2 is 0.750 bits per heavy atom. The van der Waals surface area contributed by atoms with Crippen molar-refractivity contribution in [3.63, 3.8) is 0 Å². The van der Waals surface area contributed by atoms with Gasteiger partial charge in [0.05, 0.1) is 57.3 Å². The second kappa shape index (κ2) is 31.2. The zero-order valence-corrected chi connectivity index (χ0v) is 54.8. The molecule has 0 amide bonds. The molecule has 4 aliphatic carbocycles. The Labute approximate surface area is 571 Å². The summed E-state index contributed by atoms with van der Waals surface area (Å²) in [6, 6.07) is 0. The summed E-state index contributed by atoms with van der Waals surface area (Å²) in [5, 5.41) is 249. The molecule has 11 aliphatic rings. The van der Waals surface area contributed by atoms with Crippen LogP contribution in [0.15, 0.2) is 12.2 Å². The average Bonchev–Trinajstić information content (AvgIpc) is 1.56. The number of aliphatic hydroxyl groups is 23. The molecule has 11 rings (SSSR count). The van der Waals surface area contributed by atoms with Gasteiger partial charge in [-0.1, -0.05) is 19.9 Å². The van der Waals surface area contributed by atoms with Gasteiger partial charge < -0.3 is 184 Å². The molecular formula is C62H100O38. The van der Waals surface area contributed by atoms with E-state index in [4.69, 9.17) is 66.3 Å². The van der Waals surface area contributed by atoms with Gasteiger partial charge in [-0.2, -0.15) is 0 Å². The van der Waals surface area contributed by atoms with Crippen LogP contribution >= 0.6 is 0 Å². The molecule has 0 unspecified atom stereocenters. The summed E-state index contributed by atoms with van der Waals surface area (Å²) in [4.78, 5) is 15.5. The highest BCUT2D eigenvalue weighted by atomic mass is 16.8. The molecule has 4 saturated carbocycles. The quantitative estimate of drug-likeness (QED) is 0.0288. The normalized spacial score (nSPS) is 54.5. The molecule has 0 aromatic carbocycles. The standard InChI is InChI=1S/C62H100O38/c1-20-11-61-9-5-28-59(2,7-4-8-60(28,3)58(86)99-56-50(98-54-44(84)39(79)33(73)24(15-66)90-54)47(35(75)26(17-68)92-56)95-51-41(81)36(76)30(70)21(12-63)87-51)29(61)6-10-62(20,19-61)100-57-49(97-53-43(83)38(78)32(72)23(14-65)89-53)45(85)46(27(18-69)93-57)94-55-48(40(80)34(74)25(16-67)91-55)96-52-42(82)37(77)31(71)22(13-64)88-52/h21-57,63-85H,1,4-19H2,2-3H3/t21-,22-,23-,24-,25-,26-,27-,28+,29+,30-,31-,32-,33-,34-,35-,36+,37+,38+,39+,40+,41-,42-,43-,44-,45+,46-,47+,48-,49-,50-,51+,52+,53+,54+,55+,56+,57+,59-,60-,61-,62+/m1/s1. The highest BCUT2D eigenvalue weighted by molar-refractivity contribution is 5.77. The first-order valence-electron chi connectivity index (χ1n) is 33.9. The molecule has 1 spiro atoms. The third-order valence-electron chi connectivity index (χ3n) is 23.4. The first-order valence-corrected chi connectivity index (χ1v) is 33.9. The van der Waals surface area contributed by atoms with Crippen LogP contribution in [0.25, 0.3) is 0 Å². The van der Waals surface area contributed by atoms with Crippen LogP contribution in [-0.2, 0) is 71.1 Å². The Hall–Kier alpha value is -2.23. The third-order valence-corrected chi connectivity index (χ3v) is 23.4. The fourth-order valence-electron chi connectivity index (χ4n) is 17.9. The van der Waals surface area contributed by atoms with Gasteiger partial charge in [0.2, 0.25) is 6.29 Å². The summed E-state index contributed by atoms with van der Waals surface area (Å²) < 4.78 is 84.9. The van der Waals surface area contributed by atoms with E-state index in [2.05, 4.69) is 13.5 Å². The van der Waals surface area contributed by atoms with Crippen molar-refractivity contribution in [1.29, 1.82) is 0 Å². The predicted molar refractivity (Wildman–Crippen MR) is 317 cm³/mol. The summed E-state index contributed by atoms with van der Waals surface area (Å²) in [6.45, 7) is 1.78. The van der Waals surface area contributed by atoms with Crippen molar-refractivity contribution >= 4 is 5.97 Å². The molecule has 0 aromatic heterocycles. The van der Waals surface area contributed by atoms with Gasteiger partial charge in [-0.05, 0) is 86.5 Å². The van der Waals surface area contributed by atoms with Crippen LogP contribution in [0.4, 0.5) is 0 Å². The van der Waals surface area contributed by atoms with Crippen LogP contribution in [0.1, 0.15) is 71.6 Å². The molecule has 7 heterocycles. The summed E-state index contributed by atoms with van der Waals surface area (Å²) >= 11 is 0. The molecule has 38 nitrogen and oxygen atoms in total. The van der Waals surface area contributed by atoms with E-state index in [1.165, 1.54) is 0 Å². The van der Waals surface area contributed by atoms with Crippen LogP contribution in [0, 0.1) is 28.1 Å². The lowest BCUT2D eigenvalue weighted by atomic mass is 9.41. The molecule has 0 radical (unpaired) electrons. The second-order valence-electron chi connectivity index (χ2n) is 29.2. The fourth-order valence-corrected chi connectivity index (χ4v) is 17.9. The van der Waals surface area contributed by atoms with E-state index in [-0.39, 0.29) is 25.2 Å². The third kappa shape index (κ3) is 14.0. The number of esters is 1. The predicted octanol–water partition coefficient (Wildman–Crippen LogP) is -11.6. The second-order valence-corrected chi connectivity index (χ2v) is 29.2.